The van der Waals surface area contributed by atoms with Gasteiger partial charge in [0, 0.05) is 0 Å². The Hall–Kier alpha value is -1.77. The van der Waals surface area contributed by atoms with Gasteiger partial charge in [0.25, 0.3) is 0 Å². The molecule has 0 atom stereocenters. The van der Waals surface area contributed by atoms with E-state index in [9.17, 15) is 4.79 Å². The summed E-state index contributed by atoms with van der Waals surface area (Å²) in [6.07, 6.45) is 2.48. The number of hydrogen-bond acceptors (Lipinski definition) is 3. The fourth-order valence-electron chi connectivity index (χ4n) is 0.762. The molecular formula is C10H10O3. The van der Waals surface area contributed by atoms with Crippen LogP contribution in [0.3, 0.4) is 0 Å². The van der Waals surface area contributed by atoms with E-state index in [0.29, 0.717) is 5.75 Å². The molecule has 0 fully saturated rings. The zero-order valence-electron chi connectivity index (χ0n) is 7.27. The predicted molar refractivity (Wildman–Crippen MR) is 48.2 cm³/mol. The Labute approximate surface area is 76.6 Å². The van der Waals surface area contributed by atoms with E-state index in [1.165, 1.54) is 19.4 Å². The van der Waals surface area contributed by atoms with Gasteiger partial charge in [0.15, 0.2) is 0 Å². The lowest BCUT2D eigenvalue weighted by Crippen LogP contribution is -2.03. The van der Waals surface area contributed by atoms with Crippen molar-refractivity contribution in [3.8, 4) is 5.75 Å². The highest BCUT2D eigenvalue weighted by atomic mass is 16.5. The molecule has 0 bridgehead atoms. The molecule has 3 nitrogen and oxygen atoms in total. The lowest BCUT2D eigenvalue weighted by Gasteiger charge is -1.98. The van der Waals surface area contributed by atoms with Gasteiger partial charge in [-0.1, -0.05) is 18.2 Å². The first-order valence-electron chi connectivity index (χ1n) is 3.79. The van der Waals surface area contributed by atoms with Crippen molar-refractivity contribution in [2.24, 2.45) is 0 Å². The fraction of sp³-hybridized carbons (Fsp3) is 0.100. The lowest BCUT2D eigenvalue weighted by atomic mass is 10.3. The quantitative estimate of drug-likeness (QED) is 0.306. The topological polar surface area (TPSA) is 35.5 Å². The van der Waals surface area contributed by atoms with Crippen molar-refractivity contribution in [2.45, 2.75) is 0 Å². The van der Waals surface area contributed by atoms with E-state index >= 15 is 0 Å². The van der Waals surface area contributed by atoms with Crippen molar-refractivity contribution < 1.29 is 14.3 Å². The number of esters is 1. The average Bonchev–Trinajstić information content (AvgIpc) is 2.16. The van der Waals surface area contributed by atoms with Crippen molar-refractivity contribution in [3.63, 3.8) is 0 Å². The van der Waals surface area contributed by atoms with E-state index in [2.05, 4.69) is 4.74 Å². The third-order valence-electron chi connectivity index (χ3n) is 1.30. The highest BCUT2D eigenvalue weighted by molar-refractivity contribution is 5.83. The van der Waals surface area contributed by atoms with Crippen LogP contribution in [0, 0.1) is 0 Å². The molecule has 1 aromatic carbocycles. The molecule has 0 aliphatic heterocycles. The summed E-state index contributed by atoms with van der Waals surface area (Å²) < 4.78 is 9.48. The third kappa shape index (κ3) is 3.42. The van der Waals surface area contributed by atoms with Gasteiger partial charge in [0.05, 0.1) is 19.4 Å². The Morgan fingerprint density at radius 3 is 2.62 bits per heavy atom. The predicted octanol–water partition coefficient (Wildman–Crippen LogP) is 1.75. The molecule has 0 aliphatic carbocycles. The summed E-state index contributed by atoms with van der Waals surface area (Å²) >= 11 is 0. The Morgan fingerprint density at radius 1 is 1.31 bits per heavy atom. The average molecular weight is 178 g/mol. The summed E-state index contributed by atoms with van der Waals surface area (Å²) in [5.74, 6) is 0.0707. The minimum Gasteiger partial charge on any atom is -0.504 e. The molecular weight excluding hydrogens is 168 g/mol. The molecule has 0 radical (unpaired) electrons. The summed E-state index contributed by atoms with van der Waals surface area (Å²) in [5, 5.41) is 0. The summed E-state index contributed by atoms with van der Waals surface area (Å²) in [6.45, 7) is 0. The molecule has 0 N–H and O–H groups in total. The molecule has 68 valence electrons. The first-order chi connectivity index (χ1) is 6.33. The lowest BCUT2D eigenvalue weighted by molar-refractivity contribution is -0.129. The number of para-hydroxylation sites is 1. The number of rotatable bonds is 3. The van der Waals surface area contributed by atoms with Crippen LogP contribution in [0.25, 0.3) is 0 Å². The van der Waals surface area contributed by atoms with Gasteiger partial charge in [0.2, 0.25) is 0 Å². The van der Waals surface area contributed by atoms with E-state index in [4.69, 9.17) is 4.74 Å². The molecule has 1 aromatic rings. The smallest absolute Gasteiger partial charge is 0.339 e. The van der Waals surface area contributed by atoms with Crippen LogP contribution in [-0.4, -0.2) is 13.1 Å². The van der Waals surface area contributed by atoms with Gasteiger partial charge < -0.3 is 9.47 Å². The van der Waals surface area contributed by atoms with Crippen LogP contribution < -0.4 is 4.74 Å². The molecule has 0 heterocycles. The second-order valence-electron chi connectivity index (χ2n) is 2.27. The van der Waals surface area contributed by atoms with Gasteiger partial charge >= 0.3 is 5.97 Å². The van der Waals surface area contributed by atoms with E-state index < -0.39 is 5.97 Å². The molecule has 1 rings (SSSR count). The van der Waals surface area contributed by atoms with Crippen molar-refractivity contribution in [2.75, 3.05) is 7.11 Å². The first kappa shape index (κ1) is 9.32. The summed E-state index contributed by atoms with van der Waals surface area (Å²) in [4.78, 5) is 11.0. The zero-order chi connectivity index (χ0) is 9.52. The number of methoxy groups -OCH3 is 1. The number of carbonyl (C=O) groups is 1. The molecule has 0 saturated carbocycles. The van der Waals surface area contributed by atoms with Gasteiger partial charge in [-0.15, -0.1) is 0 Å². The Morgan fingerprint density at radius 2 is 2.00 bits per heavy atom. The number of hydrogen-bond donors (Lipinski definition) is 0. The van der Waals surface area contributed by atoms with Crippen LogP contribution >= 0.6 is 0 Å². The fourth-order valence-corrected chi connectivity index (χ4v) is 0.762. The Kier molecular flexibility index (Phi) is 3.57. The van der Waals surface area contributed by atoms with Crippen molar-refractivity contribution in [3.05, 3.63) is 42.7 Å². The monoisotopic (exact) mass is 178 g/mol. The van der Waals surface area contributed by atoms with Crippen LogP contribution in [0.2, 0.25) is 0 Å². The molecule has 0 amide bonds. The number of benzene rings is 1. The van der Waals surface area contributed by atoms with Gasteiger partial charge in [-0.05, 0) is 12.1 Å². The molecule has 0 unspecified atom stereocenters. The molecule has 0 spiro atoms. The summed E-state index contributed by atoms with van der Waals surface area (Å²) in [7, 11) is 1.46. The van der Waals surface area contributed by atoms with E-state index in [1.54, 1.807) is 24.3 Å². The Bertz CT molecular complexity index is 290. The molecule has 13 heavy (non-hydrogen) atoms. The van der Waals surface area contributed by atoms with Crippen molar-refractivity contribution in [1.82, 2.24) is 0 Å². The van der Waals surface area contributed by atoms with E-state index in [1.807, 2.05) is 6.07 Å². The largest absolute Gasteiger partial charge is 0.504 e. The summed E-state index contributed by atoms with van der Waals surface area (Å²) in [5.41, 5.74) is 0. The SMILES string of the molecule is CO/C=C\C(=O)Oc1ccccc1. The Balaban J connectivity index is 2.50. The second kappa shape index (κ2) is 4.98. The minimum atomic E-state index is -0.451. The van der Waals surface area contributed by atoms with Gasteiger partial charge in [-0.3, -0.25) is 0 Å². The van der Waals surface area contributed by atoms with Crippen LogP contribution in [0.15, 0.2) is 42.7 Å². The van der Waals surface area contributed by atoms with E-state index in [-0.39, 0.29) is 0 Å². The number of ether oxygens (including phenoxy) is 2. The maximum absolute atomic E-state index is 11.0. The van der Waals surface area contributed by atoms with Crippen molar-refractivity contribution >= 4 is 5.97 Å². The normalized spacial score (nSPS) is 9.92. The third-order valence-corrected chi connectivity index (χ3v) is 1.30. The van der Waals surface area contributed by atoms with Gasteiger partial charge in [-0.2, -0.15) is 0 Å². The second-order valence-corrected chi connectivity index (χ2v) is 2.27. The van der Waals surface area contributed by atoms with Crippen LogP contribution in [-0.2, 0) is 9.53 Å². The highest BCUT2D eigenvalue weighted by Gasteiger charge is 1.97. The van der Waals surface area contributed by atoms with Gasteiger partial charge in [0.1, 0.15) is 5.75 Å². The standard InChI is InChI=1S/C10H10O3/c1-12-8-7-10(11)13-9-5-3-2-4-6-9/h2-8H,1H3/b8-7-. The first-order valence-corrected chi connectivity index (χ1v) is 3.79. The number of carbonyl (C=O) groups excluding carboxylic acids is 1. The van der Waals surface area contributed by atoms with Crippen molar-refractivity contribution in [1.29, 1.82) is 0 Å². The van der Waals surface area contributed by atoms with Crippen LogP contribution in [0.4, 0.5) is 0 Å². The van der Waals surface area contributed by atoms with Gasteiger partial charge in [-0.25, -0.2) is 4.79 Å². The highest BCUT2D eigenvalue weighted by Crippen LogP contribution is 2.08. The molecule has 0 saturated heterocycles. The van der Waals surface area contributed by atoms with Crippen LogP contribution in [0.5, 0.6) is 5.75 Å². The van der Waals surface area contributed by atoms with E-state index in [0.717, 1.165) is 0 Å². The molecule has 3 heteroatoms. The minimum absolute atomic E-state index is 0.451. The van der Waals surface area contributed by atoms with Crippen LogP contribution in [0.1, 0.15) is 0 Å². The molecule has 0 aromatic heterocycles. The zero-order valence-corrected chi connectivity index (χ0v) is 7.27. The maximum Gasteiger partial charge on any atom is 0.339 e. The summed E-state index contributed by atoms with van der Waals surface area (Å²) in [6, 6.07) is 8.85. The molecule has 0 aliphatic rings. The maximum atomic E-state index is 11.0.